The summed E-state index contributed by atoms with van der Waals surface area (Å²) in [5.41, 5.74) is 5.51. The first kappa shape index (κ1) is 11.7. The molecule has 0 aliphatic heterocycles. The van der Waals surface area contributed by atoms with Crippen molar-refractivity contribution in [2.24, 2.45) is 11.7 Å². The standard InChI is InChI=1S/C12H21NS/c1-10(2)11(6-3-4-8-13)12-7-5-9-14-12/h5,7,9-11H,3-4,6,8,13H2,1-2H3. The lowest BCUT2D eigenvalue weighted by Gasteiger charge is -2.19. The van der Waals surface area contributed by atoms with Crippen LogP contribution in [0.1, 0.15) is 43.9 Å². The molecular formula is C12H21NS. The van der Waals surface area contributed by atoms with E-state index in [4.69, 9.17) is 5.73 Å². The number of unbranched alkanes of at least 4 members (excludes halogenated alkanes) is 1. The van der Waals surface area contributed by atoms with Crippen LogP contribution >= 0.6 is 11.3 Å². The van der Waals surface area contributed by atoms with E-state index in [-0.39, 0.29) is 0 Å². The normalized spacial score (nSPS) is 13.4. The van der Waals surface area contributed by atoms with Crippen LogP contribution in [0.3, 0.4) is 0 Å². The molecule has 0 radical (unpaired) electrons. The van der Waals surface area contributed by atoms with Crippen LogP contribution in [-0.4, -0.2) is 6.54 Å². The summed E-state index contributed by atoms with van der Waals surface area (Å²) >= 11 is 1.89. The molecule has 2 heteroatoms. The third kappa shape index (κ3) is 3.43. The topological polar surface area (TPSA) is 26.0 Å². The van der Waals surface area contributed by atoms with Crippen molar-refractivity contribution in [1.82, 2.24) is 0 Å². The predicted octanol–water partition coefficient (Wildman–Crippen LogP) is 3.62. The Morgan fingerprint density at radius 3 is 2.64 bits per heavy atom. The Kier molecular flexibility index (Phi) is 5.20. The highest BCUT2D eigenvalue weighted by molar-refractivity contribution is 7.10. The summed E-state index contributed by atoms with van der Waals surface area (Å²) in [6.45, 7) is 5.45. The molecular weight excluding hydrogens is 190 g/mol. The Balaban J connectivity index is 2.48. The van der Waals surface area contributed by atoms with E-state index in [1.807, 2.05) is 11.3 Å². The van der Waals surface area contributed by atoms with Crippen molar-refractivity contribution in [3.63, 3.8) is 0 Å². The van der Waals surface area contributed by atoms with Crippen molar-refractivity contribution < 1.29 is 0 Å². The largest absolute Gasteiger partial charge is 0.330 e. The zero-order chi connectivity index (χ0) is 10.4. The van der Waals surface area contributed by atoms with Gasteiger partial charge >= 0.3 is 0 Å². The molecule has 80 valence electrons. The van der Waals surface area contributed by atoms with Crippen LogP contribution in [0.4, 0.5) is 0 Å². The second kappa shape index (κ2) is 6.20. The van der Waals surface area contributed by atoms with E-state index >= 15 is 0 Å². The molecule has 0 aromatic carbocycles. The maximum atomic E-state index is 5.51. The van der Waals surface area contributed by atoms with E-state index in [2.05, 4.69) is 31.4 Å². The number of rotatable bonds is 6. The molecule has 1 aromatic heterocycles. The fraction of sp³-hybridized carbons (Fsp3) is 0.667. The summed E-state index contributed by atoms with van der Waals surface area (Å²) in [6.07, 6.45) is 3.71. The molecule has 1 nitrogen and oxygen atoms in total. The van der Waals surface area contributed by atoms with Crippen molar-refractivity contribution in [3.05, 3.63) is 22.4 Å². The minimum atomic E-state index is 0.738. The lowest BCUT2D eigenvalue weighted by molar-refractivity contribution is 0.456. The lowest BCUT2D eigenvalue weighted by Crippen LogP contribution is -2.06. The van der Waals surface area contributed by atoms with Crippen LogP contribution in [0.15, 0.2) is 17.5 Å². The fourth-order valence-corrected chi connectivity index (χ4v) is 2.85. The monoisotopic (exact) mass is 211 g/mol. The van der Waals surface area contributed by atoms with Gasteiger partial charge in [-0.25, -0.2) is 0 Å². The molecule has 1 heterocycles. The van der Waals surface area contributed by atoms with Crippen LogP contribution < -0.4 is 5.73 Å². The van der Waals surface area contributed by atoms with Crippen LogP contribution in [0.5, 0.6) is 0 Å². The molecule has 2 N–H and O–H groups in total. The van der Waals surface area contributed by atoms with Gasteiger partial charge in [-0.3, -0.25) is 0 Å². The summed E-state index contributed by atoms with van der Waals surface area (Å²) in [5, 5.41) is 2.17. The van der Waals surface area contributed by atoms with Gasteiger partial charge in [0.2, 0.25) is 0 Å². The fourth-order valence-electron chi connectivity index (χ4n) is 1.81. The van der Waals surface area contributed by atoms with Crippen LogP contribution in [0.2, 0.25) is 0 Å². The molecule has 1 rings (SSSR count). The van der Waals surface area contributed by atoms with E-state index in [1.54, 1.807) is 0 Å². The molecule has 0 amide bonds. The van der Waals surface area contributed by atoms with Gasteiger partial charge in [-0.2, -0.15) is 0 Å². The van der Waals surface area contributed by atoms with Crippen molar-refractivity contribution in [3.8, 4) is 0 Å². The number of hydrogen-bond donors (Lipinski definition) is 1. The Labute approximate surface area is 91.3 Å². The highest BCUT2D eigenvalue weighted by Gasteiger charge is 2.15. The second-order valence-electron chi connectivity index (χ2n) is 4.15. The van der Waals surface area contributed by atoms with Gasteiger partial charge in [0.15, 0.2) is 0 Å². The molecule has 0 fully saturated rings. The lowest BCUT2D eigenvalue weighted by atomic mass is 9.89. The summed E-state index contributed by atoms with van der Waals surface area (Å²) in [7, 11) is 0. The quantitative estimate of drug-likeness (QED) is 0.715. The third-order valence-corrected chi connectivity index (χ3v) is 3.69. The number of nitrogens with two attached hydrogens (primary N) is 1. The number of thiophene rings is 1. The van der Waals surface area contributed by atoms with Gasteiger partial charge in [0, 0.05) is 4.88 Å². The molecule has 1 aromatic rings. The Morgan fingerprint density at radius 2 is 2.14 bits per heavy atom. The zero-order valence-electron chi connectivity index (χ0n) is 9.20. The van der Waals surface area contributed by atoms with Gasteiger partial charge in [-0.1, -0.05) is 26.3 Å². The maximum absolute atomic E-state index is 5.51. The van der Waals surface area contributed by atoms with Crippen molar-refractivity contribution >= 4 is 11.3 Å². The van der Waals surface area contributed by atoms with Gasteiger partial charge in [0.25, 0.3) is 0 Å². The van der Waals surface area contributed by atoms with Crippen LogP contribution in [-0.2, 0) is 0 Å². The second-order valence-corrected chi connectivity index (χ2v) is 5.13. The summed E-state index contributed by atoms with van der Waals surface area (Å²) in [6, 6.07) is 4.41. The summed E-state index contributed by atoms with van der Waals surface area (Å²) in [5.74, 6) is 1.48. The predicted molar refractivity (Wildman–Crippen MR) is 64.8 cm³/mol. The molecule has 0 spiro atoms. The van der Waals surface area contributed by atoms with E-state index < -0.39 is 0 Å². The van der Waals surface area contributed by atoms with E-state index in [0.29, 0.717) is 0 Å². The molecule has 0 bridgehead atoms. The van der Waals surface area contributed by atoms with Gasteiger partial charge < -0.3 is 5.73 Å². The van der Waals surface area contributed by atoms with Gasteiger partial charge in [0.1, 0.15) is 0 Å². The SMILES string of the molecule is CC(C)C(CCCCN)c1cccs1. The first-order valence-corrected chi connectivity index (χ1v) is 6.37. The summed E-state index contributed by atoms with van der Waals surface area (Å²) in [4.78, 5) is 1.54. The Bertz CT molecular complexity index is 228. The van der Waals surface area contributed by atoms with Crippen molar-refractivity contribution in [2.45, 2.75) is 39.0 Å². The number of hydrogen-bond acceptors (Lipinski definition) is 2. The third-order valence-electron chi connectivity index (χ3n) is 2.68. The highest BCUT2D eigenvalue weighted by atomic mass is 32.1. The highest BCUT2D eigenvalue weighted by Crippen LogP contribution is 2.32. The maximum Gasteiger partial charge on any atom is 0.00787 e. The molecule has 14 heavy (non-hydrogen) atoms. The Morgan fingerprint density at radius 1 is 1.36 bits per heavy atom. The molecule has 0 saturated heterocycles. The van der Waals surface area contributed by atoms with Gasteiger partial charge in [0.05, 0.1) is 0 Å². The Hall–Kier alpha value is -0.340. The molecule has 1 atom stereocenters. The van der Waals surface area contributed by atoms with Crippen LogP contribution in [0, 0.1) is 5.92 Å². The minimum absolute atomic E-state index is 0.738. The summed E-state index contributed by atoms with van der Waals surface area (Å²) < 4.78 is 0. The van der Waals surface area contributed by atoms with E-state index in [9.17, 15) is 0 Å². The van der Waals surface area contributed by atoms with E-state index in [1.165, 1.54) is 17.7 Å². The smallest absolute Gasteiger partial charge is 0.00787 e. The molecule has 0 saturated carbocycles. The van der Waals surface area contributed by atoms with Crippen LogP contribution in [0.25, 0.3) is 0 Å². The van der Waals surface area contributed by atoms with Gasteiger partial charge in [-0.05, 0) is 42.7 Å². The first-order chi connectivity index (χ1) is 6.75. The van der Waals surface area contributed by atoms with Crippen molar-refractivity contribution in [1.29, 1.82) is 0 Å². The first-order valence-electron chi connectivity index (χ1n) is 5.49. The molecule has 0 aliphatic carbocycles. The van der Waals surface area contributed by atoms with Gasteiger partial charge in [-0.15, -0.1) is 11.3 Å². The minimum Gasteiger partial charge on any atom is -0.330 e. The average molecular weight is 211 g/mol. The average Bonchev–Trinajstić information content (AvgIpc) is 2.64. The molecule has 1 unspecified atom stereocenters. The zero-order valence-corrected chi connectivity index (χ0v) is 10.0. The van der Waals surface area contributed by atoms with Crippen molar-refractivity contribution in [2.75, 3.05) is 6.54 Å². The molecule has 0 aliphatic rings. The van der Waals surface area contributed by atoms with E-state index in [0.717, 1.165) is 24.8 Å².